The summed E-state index contributed by atoms with van der Waals surface area (Å²) >= 11 is 0.895. The number of rotatable bonds is 4. The Kier molecular flexibility index (Phi) is 4.51. The second-order valence-corrected chi connectivity index (χ2v) is 8.18. The summed E-state index contributed by atoms with van der Waals surface area (Å²) in [6.45, 7) is 3.52. The van der Waals surface area contributed by atoms with Crippen molar-refractivity contribution in [3.8, 4) is 0 Å². The first-order chi connectivity index (χ1) is 9.77. The van der Waals surface area contributed by atoms with Crippen LogP contribution in [0.15, 0.2) is 10.3 Å². The Morgan fingerprint density at radius 2 is 2.14 bits per heavy atom. The molecule has 1 aliphatic rings. The molecular formula is C11H18N4O4S2. The first-order valence-electron chi connectivity index (χ1n) is 6.43. The number of piperazine rings is 1. The van der Waals surface area contributed by atoms with Crippen molar-refractivity contribution >= 4 is 32.0 Å². The van der Waals surface area contributed by atoms with Gasteiger partial charge in [0.1, 0.15) is 4.21 Å². The van der Waals surface area contributed by atoms with Crippen LogP contribution in [0.1, 0.15) is 6.92 Å². The van der Waals surface area contributed by atoms with Gasteiger partial charge >= 0.3 is 5.69 Å². The molecule has 118 valence electrons. The SMILES string of the molecule is CNc1sc(S(=O)(=O)N2CCN(C)CC2C)cc1[N+](=O)[O-]. The number of sulfonamides is 1. The molecule has 1 aromatic rings. The Labute approximate surface area is 127 Å². The molecule has 1 aromatic heterocycles. The average Bonchev–Trinajstić information content (AvgIpc) is 2.83. The van der Waals surface area contributed by atoms with Gasteiger partial charge in [0.25, 0.3) is 10.0 Å². The number of anilines is 1. The largest absolute Gasteiger partial charge is 0.374 e. The van der Waals surface area contributed by atoms with E-state index >= 15 is 0 Å². The van der Waals surface area contributed by atoms with Crippen LogP contribution < -0.4 is 5.32 Å². The number of thiophene rings is 1. The Morgan fingerprint density at radius 3 is 2.62 bits per heavy atom. The van der Waals surface area contributed by atoms with Crippen molar-refractivity contribution in [3.63, 3.8) is 0 Å². The Balaban J connectivity index is 2.38. The number of nitrogens with one attached hydrogen (secondary N) is 1. The minimum Gasteiger partial charge on any atom is -0.374 e. The van der Waals surface area contributed by atoms with Crippen LogP contribution in [-0.2, 0) is 10.0 Å². The number of hydrogen-bond donors (Lipinski definition) is 1. The molecule has 8 nitrogen and oxygen atoms in total. The lowest BCUT2D eigenvalue weighted by Gasteiger charge is -2.36. The molecule has 0 saturated carbocycles. The molecule has 0 amide bonds. The van der Waals surface area contributed by atoms with E-state index in [1.54, 1.807) is 0 Å². The maximum atomic E-state index is 12.7. The average molecular weight is 334 g/mol. The highest BCUT2D eigenvalue weighted by atomic mass is 32.2. The first-order valence-corrected chi connectivity index (χ1v) is 8.69. The second kappa shape index (κ2) is 5.87. The van der Waals surface area contributed by atoms with Gasteiger partial charge in [0, 0.05) is 38.8 Å². The zero-order chi connectivity index (χ0) is 15.8. The molecule has 1 N–H and O–H groups in total. The van der Waals surface area contributed by atoms with E-state index in [4.69, 9.17) is 0 Å². The highest BCUT2D eigenvalue weighted by Gasteiger charge is 2.35. The van der Waals surface area contributed by atoms with Crippen LogP contribution in [0, 0.1) is 10.1 Å². The molecule has 0 aromatic carbocycles. The van der Waals surface area contributed by atoms with Crippen molar-refractivity contribution in [1.82, 2.24) is 9.21 Å². The molecule has 1 saturated heterocycles. The van der Waals surface area contributed by atoms with E-state index in [2.05, 4.69) is 10.2 Å². The molecule has 0 radical (unpaired) electrons. The van der Waals surface area contributed by atoms with E-state index in [0.717, 1.165) is 17.4 Å². The third-order valence-corrected chi connectivity index (χ3v) is 7.05. The molecule has 0 aliphatic carbocycles. The van der Waals surface area contributed by atoms with Crippen molar-refractivity contribution < 1.29 is 13.3 Å². The number of nitro groups is 1. The fourth-order valence-electron chi connectivity index (χ4n) is 2.40. The lowest BCUT2D eigenvalue weighted by atomic mass is 10.2. The molecule has 1 fully saturated rings. The van der Waals surface area contributed by atoms with Crippen molar-refractivity contribution in [1.29, 1.82) is 0 Å². The van der Waals surface area contributed by atoms with Gasteiger partial charge in [0.15, 0.2) is 5.00 Å². The van der Waals surface area contributed by atoms with E-state index < -0.39 is 14.9 Å². The number of hydrogen-bond acceptors (Lipinski definition) is 7. The summed E-state index contributed by atoms with van der Waals surface area (Å²) in [5, 5.41) is 13.9. The molecule has 1 atom stereocenters. The van der Waals surface area contributed by atoms with Gasteiger partial charge in [-0.25, -0.2) is 8.42 Å². The fraction of sp³-hybridized carbons (Fsp3) is 0.636. The summed E-state index contributed by atoms with van der Waals surface area (Å²) in [5.41, 5.74) is -0.206. The Morgan fingerprint density at radius 1 is 1.48 bits per heavy atom. The second-order valence-electron chi connectivity index (χ2n) is 5.01. The summed E-state index contributed by atoms with van der Waals surface area (Å²) in [7, 11) is -0.224. The van der Waals surface area contributed by atoms with Crippen molar-refractivity contribution in [3.05, 3.63) is 16.2 Å². The Bertz CT molecular complexity index is 643. The van der Waals surface area contributed by atoms with E-state index in [0.29, 0.717) is 19.6 Å². The normalized spacial score (nSPS) is 21.4. The lowest BCUT2D eigenvalue weighted by Crippen LogP contribution is -2.52. The van der Waals surface area contributed by atoms with Gasteiger partial charge in [-0.15, -0.1) is 0 Å². The maximum Gasteiger partial charge on any atom is 0.304 e. The van der Waals surface area contributed by atoms with Crippen LogP contribution in [-0.4, -0.2) is 62.3 Å². The fourth-order valence-corrected chi connectivity index (χ4v) is 5.42. The summed E-state index contributed by atoms with van der Waals surface area (Å²) in [4.78, 5) is 12.4. The molecule has 2 heterocycles. The first kappa shape index (κ1) is 16.1. The van der Waals surface area contributed by atoms with Gasteiger partial charge in [-0.1, -0.05) is 11.3 Å². The van der Waals surface area contributed by atoms with E-state index in [1.165, 1.54) is 11.4 Å². The quantitative estimate of drug-likeness (QED) is 0.652. The molecular weight excluding hydrogens is 316 g/mol. The molecule has 2 rings (SSSR count). The smallest absolute Gasteiger partial charge is 0.304 e. The highest BCUT2D eigenvalue weighted by molar-refractivity contribution is 7.91. The minimum absolute atomic E-state index is 0.00922. The van der Waals surface area contributed by atoms with Crippen molar-refractivity contribution in [2.75, 3.05) is 39.0 Å². The van der Waals surface area contributed by atoms with E-state index in [9.17, 15) is 18.5 Å². The van der Waals surface area contributed by atoms with Gasteiger partial charge in [0.2, 0.25) is 0 Å². The Hall–Kier alpha value is -1.23. The summed E-state index contributed by atoms with van der Waals surface area (Å²) in [6.07, 6.45) is 0. The van der Waals surface area contributed by atoms with Gasteiger partial charge in [0.05, 0.1) is 4.92 Å². The van der Waals surface area contributed by atoms with Crippen LogP contribution in [0.3, 0.4) is 0 Å². The van der Waals surface area contributed by atoms with Crippen molar-refractivity contribution in [2.45, 2.75) is 17.2 Å². The summed E-state index contributed by atoms with van der Waals surface area (Å²) in [5.74, 6) is 0. The van der Waals surface area contributed by atoms with E-state index in [-0.39, 0.29) is 20.9 Å². The molecule has 0 spiro atoms. The molecule has 1 unspecified atom stereocenters. The summed E-state index contributed by atoms with van der Waals surface area (Å²) in [6, 6.07) is 0.976. The van der Waals surface area contributed by atoms with Gasteiger partial charge in [-0.3, -0.25) is 10.1 Å². The molecule has 21 heavy (non-hydrogen) atoms. The van der Waals surface area contributed by atoms with Crippen molar-refractivity contribution in [2.24, 2.45) is 0 Å². The molecule has 0 bridgehead atoms. The minimum atomic E-state index is -3.70. The van der Waals surface area contributed by atoms with Gasteiger partial charge in [-0.05, 0) is 14.0 Å². The predicted molar refractivity (Wildman–Crippen MR) is 81.4 cm³/mol. The number of nitrogens with zero attached hydrogens (tertiary/aromatic N) is 3. The molecule has 10 heteroatoms. The van der Waals surface area contributed by atoms with Gasteiger partial charge < -0.3 is 10.2 Å². The summed E-state index contributed by atoms with van der Waals surface area (Å²) < 4.78 is 26.8. The topological polar surface area (TPSA) is 95.8 Å². The van der Waals surface area contributed by atoms with Crippen LogP contribution in [0.4, 0.5) is 10.7 Å². The predicted octanol–water partition coefficient (Wildman–Crippen LogP) is 1.02. The maximum absolute atomic E-state index is 12.7. The van der Waals surface area contributed by atoms with Crippen LogP contribution in [0.25, 0.3) is 0 Å². The van der Waals surface area contributed by atoms with Gasteiger partial charge in [-0.2, -0.15) is 4.31 Å². The number of likely N-dealkylation sites (N-methyl/N-ethyl adjacent to an activating group) is 1. The third kappa shape index (κ3) is 3.03. The lowest BCUT2D eigenvalue weighted by molar-refractivity contribution is -0.383. The van der Waals surface area contributed by atoms with E-state index in [1.807, 2.05) is 14.0 Å². The monoisotopic (exact) mass is 334 g/mol. The van der Waals surface area contributed by atoms with Crippen LogP contribution in [0.5, 0.6) is 0 Å². The standard InChI is InChI=1S/C11H18N4O4S2/c1-8-7-13(3)4-5-14(8)21(18,19)10-6-9(15(16)17)11(12-2)20-10/h6,8,12H,4-5,7H2,1-3H3. The zero-order valence-corrected chi connectivity index (χ0v) is 13.7. The zero-order valence-electron chi connectivity index (χ0n) is 12.1. The molecule has 1 aliphatic heterocycles. The van der Waals surface area contributed by atoms with Crippen LogP contribution >= 0.6 is 11.3 Å². The van der Waals surface area contributed by atoms with Crippen LogP contribution in [0.2, 0.25) is 0 Å². The highest BCUT2D eigenvalue weighted by Crippen LogP contribution is 2.38. The third-order valence-electron chi connectivity index (χ3n) is 3.45.